The smallest absolute Gasteiger partial charge is 0.262 e. The zero-order valence-corrected chi connectivity index (χ0v) is 14.3. The van der Waals surface area contributed by atoms with E-state index in [4.69, 9.17) is 9.47 Å². The number of nitrogens with one attached hydrogen (secondary N) is 2. The van der Waals surface area contributed by atoms with E-state index >= 15 is 0 Å². The molecule has 0 radical (unpaired) electrons. The third-order valence-electron chi connectivity index (χ3n) is 3.68. The Balaban J connectivity index is 1.74. The molecule has 1 unspecified atom stereocenters. The van der Waals surface area contributed by atoms with Gasteiger partial charge in [0.25, 0.3) is 10.0 Å². The molecule has 0 fully saturated rings. The van der Waals surface area contributed by atoms with E-state index in [9.17, 15) is 8.42 Å². The fourth-order valence-electron chi connectivity index (χ4n) is 2.15. The molecule has 0 saturated carbocycles. The Hall–Kier alpha value is -2.48. The topological polar surface area (TPSA) is 89.5 Å². The molecule has 1 aliphatic rings. The Kier molecular flexibility index (Phi) is 4.48. The number of aromatic nitrogens is 1. The fourth-order valence-corrected chi connectivity index (χ4v) is 3.21. The molecule has 7 nitrogen and oxygen atoms in total. The van der Waals surface area contributed by atoms with Crippen LogP contribution in [0.15, 0.2) is 41.4 Å². The summed E-state index contributed by atoms with van der Waals surface area (Å²) >= 11 is 0. The van der Waals surface area contributed by atoms with Crippen molar-refractivity contribution >= 4 is 21.5 Å². The van der Waals surface area contributed by atoms with Gasteiger partial charge in [0.2, 0.25) is 6.79 Å². The van der Waals surface area contributed by atoms with Crippen molar-refractivity contribution in [1.82, 2.24) is 4.98 Å². The lowest BCUT2D eigenvalue weighted by atomic mass is 10.2. The third kappa shape index (κ3) is 3.53. The number of nitrogens with zero attached hydrogens (tertiary/aromatic N) is 1. The largest absolute Gasteiger partial charge is 0.454 e. The summed E-state index contributed by atoms with van der Waals surface area (Å²) in [7, 11) is -3.72. The van der Waals surface area contributed by atoms with Crippen LogP contribution in [0.2, 0.25) is 0 Å². The van der Waals surface area contributed by atoms with Crippen molar-refractivity contribution in [2.45, 2.75) is 31.2 Å². The van der Waals surface area contributed by atoms with E-state index in [0.717, 1.165) is 6.42 Å². The number of fused-ring (bicyclic) bond motifs is 1. The van der Waals surface area contributed by atoms with Crippen LogP contribution >= 0.6 is 0 Å². The van der Waals surface area contributed by atoms with Crippen LogP contribution in [0.5, 0.6) is 11.5 Å². The van der Waals surface area contributed by atoms with E-state index < -0.39 is 10.0 Å². The Morgan fingerprint density at radius 3 is 2.71 bits per heavy atom. The molecule has 2 aromatic rings. The second kappa shape index (κ2) is 6.56. The van der Waals surface area contributed by atoms with Gasteiger partial charge in [0, 0.05) is 12.1 Å². The van der Waals surface area contributed by atoms with Crippen molar-refractivity contribution in [2.75, 3.05) is 16.8 Å². The Bertz CT molecular complexity index is 822. The number of hydrogen-bond acceptors (Lipinski definition) is 6. The van der Waals surface area contributed by atoms with Gasteiger partial charge in [-0.25, -0.2) is 13.4 Å². The molecule has 2 N–H and O–H groups in total. The number of hydrogen-bond donors (Lipinski definition) is 2. The number of anilines is 2. The molecule has 0 amide bonds. The summed E-state index contributed by atoms with van der Waals surface area (Å²) in [6.45, 7) is 4.23. The lowest BCUT2D eigenvalue weighted by molar-refractivity contribution is 0.174. The predicted octanol–water partition coefficient (Wildman–Crippen LogP) is 2.82. The quantitative estimate of drug-likeness (QED) is 0.833. The average Bonchev–Trinajstić information content (AvgIpc) is 3.04. The lowest BCUT2D eigenvalue weighted by Gasteiger charge is -2.13. The first-order valence-corrected chi connectivity index (χ1v) is 9.11. The fraction of sp³-hybridized carbons (Fsp3) is 0.312. The van der Waals surface area contributed by atoms with E-state index in [1.165, 1.54) is 18.3 Å². The van der Waals surface area contributed by atoms with Gasteiger partial charge in [-0.05, 0) is 37.6 Å². The second-order valence-electron chi connectivity index (χ2n) is 5.51. The van der Waals surface area contributed by atoms with Crippen molar-refractivity contribution in [1.29, 1.82) is 0 Å². The van der Waals surface area contributed by atoms with Crippen LogP contribution in [0.25, 0.3) is 0 Å². The zero-order chi connectivity index (χ0) is 17.2. The van der Waals surface area contributed by atoms with Gasteiger partial charge in [0.1, 0.15) is 5.82 Å². The molecule has 0 saturated heterocycles. The SMILES string of the molecule is CCC(C)Nc1ccc(NS(=O)(=O)c2ccc3c(c2)OCO3)cn1. The van der Waals surface area contributed by atoms with Gasteiger partial charge in [-0.1, -0.05) is 6.92 Å². The number of benzene rings is 1. The summed E-state index contributed by atoms with van der Waals surface area (Å²) in [5.74, 6) is 1.66. The van der Waals surface area contributed by atoms with Gasteiger partial charge < -0.3 is 14.8 Å². The summed E-state index contributed by atoms with van der Waals surface area (Å²) in [6.07, 6.45) is 2.45. The molecule has 24 heavy (non-hydrogen) atoms. The number of rotatable bonds is 6. The van der Waals surface area contributed by atoms with Gasteiger partial charge in [-0.15, -0.1) is 0 Å². The maximum atomic E-state index is 12.5. The first kappa shape index (κ1) is 16.4. The zero-order valence-electron chi connectivity index (χ0n) is 13.4. The highest BCUT2D eigenvalue weighted by atomic mass is 32.2. The van der Waals surface area contributed by atoms with Crippen LogP contribution in [0.4, 0.5) is 11.5 Å². The van der Waals surface area contributed by atoms with Crippen molar-refractivity contribution in [2.24, 2.45) is 0 Å². The molecular formula is C16H19N3O4S. The van der Waals surface area contributed by atoms with Crippen LogP contribution < -0.4 is 19.5 Å². The molecule has 0 aliphatic carbocycles. The van der Waals surface area contributed by atoms with E-state index in [1.54, 1.807) is 18.2 Å². The van der Waals surface area contributed by atoms with Crippen LogP contribution in [0.1, 0.15) is 20.3 Å². The minimum atomic E-state index is -3.72. The molecule has 0 bridgehead atoms. The molecule has 128 valence electrons. The minimum Gasteiger partial charge on any atom is -0.454 e. The monoisotopic (exact) mass is 349 g/mol. The van der Waals surface area contributed by atoms with Crippen molar-refractivity contribution < 1.29 is 17.9 Å². The van der Waals surface area contributed by atoms with Gasteiger partial charge in [-0.3, -0.25) is 4.72 Å². The molecule has 1 aromatic heterocycles. The van der Waals surface area contributed by atoms with E-state index in [1.807, 2.05) is 0 Å². The summed E-state index contributed by atoms with van der Waals surface area (Å²) in [5.41, 5.74) is 0.391. The molecule has 8 heteroatoms. The van der Waals surface area contributed by atoms with E-state index in [0.29, 0.717) is 29.0 Å². The van der Waals surface area contributed by atoms with Crippen LogP contribution in [-0.4, -0.2) is 26.2 Å². The third-order valence-corrected chi connectivity index (χ3v) is 5.06. The van der Waals surface area contributed by atoms with Crippen molar-refractivity contribution in [3.05, 3.63) is 36.5 Å². The Labute approximate surface area is 141 Å². The molecule has 0 spiro atoms. The molecule has 3 rings (SSSR count). The van der Waals surface area contributed by atoms with Gasteiger partial charge in [-0.2, -0.15) is 0 Å². The van der Waals surface area contributed by atoms with Gasteiger partial charge in [0.05, 0.1) is 16.8 Å². The minimum absolute atomic E-state index is 0.0980. The standard InChI is InChI=1S/C16H19N3O4S/c1-3-11(2)18-16-7-4-12(9-17-16)19-24(20,21)13-5-6-14-15(8-13)23-10-22-14/h4-9,11,19H,3,10H2,1-2H3,(H,17,18). The average molecular weight is 349 g/mol. The highest BCUT2D eigenvalue weighted by Gasteiger charge is 2.20. The Morgan fingerprint density at radius 2 is 2.00 bits per heavy atom. The number of sulfonamides is 1. The van der Waals surface area contributed by atoms with E-state index in [-0.39, 0.29) is 11.7 Å². The second-order valence-corrected chi connectivity index (χ2v) is 7.19. The van der Waals surface area contributed by atoms with Crippen molar-refractivity contribution in [3.8, 4) is 11.5 Å². The molecule has 1 aliphatic heterocycles. The highest BCUT2D eigenvalue weighted by molar-refractivity contribution is 7.92. The van der Waals surface area contributed by atoms with Crippen LogP contribution in [-0.2, 0) is 10.0 Å². The lowest BCUT2D eigenvalue weighted by Crippen LogP contribution is -2.15. The first-order chi connectivity index (χ1) is 11.5. The molecule has 1 aromatic carbocycles. The van der Waals surface area contributed by atoms with Crippen LogP contribution in [0, 0.1) is 0 Å². The van der Waals surface area contributed by atoms with E-state index in [2.05, 4.69) is 28.9 Å². The number of ether oxygens (including phenoxy) is 2. The Morgan fingerprint density at radius 1 is 1.21 bits per heavy atom. The van der Waals surface area contributed by atoms with Crippen molar-refractivity contribution in [3.63, 3.8) is 0 Å². The highest BCUT2D eigenvalue weighted by Crippen LogP contribution is 2.34. The summed E-state index contributed by atoms with van der Waals surface area (Å²) in [4.78, 5) is 4.32. The molecule has 2 heterocycles. The van der Waals surface area contributed by atoms with Gasteiger partial charge >= 0.3 is 0 Å². The molecular weight excluding hydrogens is 330 g/mol. The predicted molar refractivity (Wildman–Crippen MR) is 91.0 cm³/mol. The maximum Gasteiger partial charge on any atom is 0.262 e. The summed E-state index contributed by atoms with van der Waals surface area (Å²) in [6, 6.07) is 8.20. The maximum absolute atomic E-state index is 12.5. The molecule has 1 atom stereocenters. The first-order valence-electron chi connectivity index (χ1n) is 7.63. The normalized spacial score (nSPS) is 14.2. The van der Waals surface area contributed by atoms with Crippen LogP contribution in [0.3, 0.4) is 0 Å². The summed E-state index contributed by atoms with van der Waals surface area (Å²) < 4.78 is 37.8. The summed E-state index contributed by atoms with van der Waals surface area (Å²) in [5, 5.41) is 3.22. The number of pyridine rings is 1. The van der Waals surface area contributed by atoms with Gasteiger partial charge in [0.15, 0.2) is 11.5 Å².